The van der Waals surface area contributed by atoms with Crippen molar-refractivity contribution in [2.45, 2.75) is 19.9 Å². The molecule has 1 amide bonds. The van der Waals surface area contributed by atoms with Crippen molar-refractivity contribution in [1.29, 1.82) is 0 Å². The van der Waals surface area contributed by atoms with Gasteiger partial charge in [-0.1, -0.05) is 0 Å². The Morgan fingerprint density at radius 2 is 2.38 bits per heavy atom. The van der Waals surface area contributed by atoms with Crippen molar-refractivity contribution in [1.82, 2.24) is 5.32 Å². The molecule has 0 saturated carbocycles. The van der Waals surface area contributed by atoms with E-state index in [-0.39, 0.29) is 11.9 Å². The van der Waals surface area contributed by atoms with E-state index < -0.39 is 0 Å². The lowest BCUT2D eigenvalue weighted by Crippen LogP contribution is -2.28. The molecular formula is C10H13NO2. The third kappa shape index (κ3) is 3.60. The number of carbonyl (C=O) groups is 1. The molecule has 0 bridgehead atoms. The monoisotopic (exact) mass is 179 g/mol. The minimum absolute atomic E-state index is 0.105. The zero-order chi connectivity index (χ0) is 9.68. The zero-order valence-electron chi connectivity index (χ0n) is 7.78. The summed E-state index contributed by atoms with van der Waals surface area (Å²) in [6, 6.07) is 3.73. The highest BCUT2D eigenvalue weighted by atomic mass is 16.3. The molecule has 3 heteroatoms. The Morgan fingerprint density at radius 1 is 1.62 bits per heavy atom. The smallest absolute Gasteiger partial charge is 0.244 e. The first-order chi connectivity index (χ1) is 6.18. The van der Waals surface area contributed by atoms with Crippen molar-refractivity contribution in [3.05, 3.63) is 30.2 Å². The summed E-state index contributed by atoms with van der Waals surface area (Å²) in [6.45, 7) is 3.83. The number of rotatable bonds is 3. The Kier molecular flexibility index (Phi) is 3.31. The van der Waals surface area contributed by atoms with Gasteiger partial charge in [0.05, 0.1) is 6.26 Å². The molecular weight excluding hydrogens is 166 g/mol. The lowest BCUT2D eigenvalue weighted by Gasteiger charge is -2.03. The van der Waals surface area contributed by atoms with Crippen LogP contribution in [-0.2, 0) is 4.79 Å². The van der Waals surface area contributed by atoms with Crippen molar-refractivity contribution < 1.29 is 9.21 Å². The second-order valence-corrected chi connectivity index (χ2v) is 3.01. The summed E-state index contributed by atoms with van der Waals surface area (Å²) in [5.74, 6) is 0.574. The molecule has 13 heavy (non-hydrogen) atoms. The van der Waals surface area contributed by atoms with Crippen LogP contribution in [-0.4, -0.2) is 11.9 Å². The molecule has 1 aromatic heterocycles. The van der Waals surface area contributed by atoms with Crippen molar-refractivity contribution in [3.63, 3.8) is 0 Å². The van der Waals surface area contributed by atoms with Gasteiger partial charge < -0.3 is 9.73 Å². The molecule has 0 spiro atoms. The third-order valence-electron chi connectivity index (χ3n) is 1.37. The largest absolute Gasteiger partial charge is 0.465 e. The summed E-state index contributed by atoms with van der Waals surface area (Å²) in [5.41, 5.74) is 0. The lowest BCUT2D eigenvalue weighted by atomic mass is 10.3. The van der Waals surface area contributed by atoms with E-state index in [2.05, 4.69) is 5.32 Å². The topological polar surface area (TPSA) is 42.2 Å². The molecule has 0 aromatic carbocycles. The number of carbonyl (C=O) groups excluding carboxylic acids is 1. The minimum atomic E-state index is -0.105. The molecule has 0 unspecified atom stereocenters. The quantitative estimate of drug-likeness (QED) is 0.719. The Balaban J connectivity index is 2.44. The SMILES string of the molecule is CC(C)NC(=O)/C=C/c1ccco1. The van der Waals surface area contributed by atoms with Crippen molar-refractivity contribution in [2.75, 3.05) is 0 Å². The van der Waals surface area contributed by atoms with Gasteiger partial charge in [-0.05, 0) is 32.1 Å². The maximum atomic E-state index is 11.1. The van der Waals surface area contributed by atoms with E-state index in [0.29, 0.717) is 5.76 Å². The molecule has 1 heterocycles. The van der Waals surface area contributed by atoms with Gasteiger partial charge in [0.15, 0.2) is 0 Å². The number of hydrogen-bond donors (Lipinski definition) is 1. The molecule has 0 aliphatic carbocycles. The molecule has 70 valence electrons. The van der Waals surface area contributed by atoms with Crippen LogP contribution in [0.25, 0.3) is 6.08 Å². The van der Waals surface area contributed by atoms with E-state index in [1.54, 1.807) is 24.5 Å². The van der Waals surface area contributed by atoms with Crippen LogP contribution < -0.4 is 5.32 Å². The molecule has 0 saturated heterocycles. The van der Waals surface area contributed by atoms with Crippen LogP contribution in [0, 0.1) is 0 Å². The van der Waals surface area contributed by atoms with Crippen molar-refractivity contribution in [3.8, 4) is 0 Å². The fourth-order valence-electron chi connectivity index (χ4n) is 0.877. The highest BCUT2D eigenvalue weighted by molar-refractivity contribution is 5.91. The molecule has 0 aliphatic heterocycles. The number of nitrogens with one attached hydrogen (secondary N) is 1. The van der Waals surface area contributed by atoms with E-state index >= 15 is 0 Å². The standard InChI is InChI=1S/C10H13NO2/c1-8(2)11-10(12)6-5-9-4-3-7-13-9/h3-8H,1-2H3,(H,11,12)/b6-5+. The second kappa shape index (κ2) is 4.50. The van der Waals surface area contributed by atoms with Gasteiger partial charge in [-0.25, -0.2) is 0 Å². The fourth-order valence-corrected chi connectivity index (χ4v) is 0.877. The van der Waals surface area contributed by atoms with Crippen LogP contribution in [0.3, 0.4) is 0 Å². The van der Waals surface area contributed by atoms with Gasteiger partial charge in [0.25, 0.3) is 0 Å². The highest BCUT2D eigenvalue weighted by Gasteiger charge is 1.97. The maximum absolute atomic E-state index is 11.1. The fraction of sp³-hybridized carbons (Fsp3) is 0.300. The average molecular weight is 179 g/mol. The molecule has 1 N–H and O–H groups in total. The minimum Gasteiger partial charge on any atom is -0.465 e. The predicted molar refractivity (Wildman–Crippen MR) is 51.0 cm³/mol. The first kappa shape index (κ1) is 9.58. The van der Waals surface area contributed by atoms with Gasteiger partial charge in [0.1, 0.15) is 5.76 Å². The van der Waals surface area contributed by atoms with Crippen LogP contribution in [0.2, 0.25) is 0 Å². The van der Waals surface area contributed by atoms with E-state index in [4.69, 9.17) is 4.42 Å². The van der Waals surface area contributed by atoms with Crippen LogP contribution in [0.4, 0.5) is 0 Å². The summed E-state index contributed by atoms with van der Waals surface area (Å²) in [4.78, 5) is 11.1. The molecule has 3 nitrogen and oxygen atoms in total. The van der Waals surface area contributed by atoms with Gasteiger partial charge in [-0.3, -0.25) is 4.79 Å². The molecule has 0 atom stereocenters. The van der Waals surface area contributed by atoms with Crippen LogP contribution in [0.5, 0.6) is 0 Å². The van der Waals surface area contributed by atoms with E-state index in [1.165, 1.54) is 6.08 Å². The van der Waals surface area contributed by atoms with Gasteiger partial charge in [-0.15, -0.1) is 0 Å². The summed E-state index contributed by atoms with van der Waals surface area (Å²) >= 11 is 0. The summed E-state index contributed by atoms with van der Waals surface area (Å²) in [5, 5.41) is 2.74. The Bertz CT molecular complexity index is 286. The van der Waals surface area contributed by atoms with Crippen LogP contribution >= 0.6 is 0 Å². The van der Waals surface area contributed by atoms with Gasteiger partial charge in [0, 0.05) is 12.1 Å². The first-order valence-electron chi connectivity index (χ1n) is 4.20. The molecule has 0 fully saturated rings. The summed E-state index contributed by atoms with van der Waals surface area (Å²) in [7, 11) is 0. The van der Waals surface area contributed by atoms with Crippen LogP contribution in [0.15, 0.2) is 28.9 Å². The van der Waals surface area contributed by atoms with Gasteiger partial charge >= 0.3 is 0 Å². The van der Waals surface area contributed by atoms with Gasteiger partial charge in [-0.2, -0.15) is 0 Å². The van der Waals surface area contributed by atoms with E-state index in [1.807, 2.05) is 13.8 Å². The van der Waals surface area contributed by atoms with E-state index in [9.17, 15) is 4.79 Å². The maximum Gasteiger partial charge on any atom is 0.244 e. The molecule has 0 aliphatic rings. The van der Waals surface area contributed by atoms with E-state index in [0.717, 1.165) is 0 Å². The summed E-state index contributed by atoms with van der Waals surface area (Å²) < 4.78 is 5.02. The molecule has 1 aromatic rings. The Labute approximate surface area is 77.4 Å². The third-order valence-corrected chi connectivity index (χ3v) is 1.37. The normalized spacial score (nSPS) is 11.0. The van der Waals surface area contributed by atoms with Crippen molar-refractivity contribution in [2.24, 2.45) is 0 Å². The average Bonchev–Trinajstić information content (AvgIpc) is 2.51. The van der Waals surface area contributed by atoms with Gasteiger partial charge in [0.2, 0.25) is 5.91 Å². The predicted octanol–water partition coefficient (Wildman–Crippen LogP) is 1.82. The number of furan rings is 1. The second-order valence-electron chi connectivity index (χ2n) is 3.01. The Morgan fingerprint density at radius 3 is 2.92 bits per heavy atom. The number of amides is 1. The number of hydrogen-bond acceptors (Lipinski definition) is 2. The molecule has 0 radical (unpaired) electrons. The highest BCUT2D eigenvalue weighted by Crippen LogP contribution is 2.01. The molecule has 1 rings (SSSR count). The zero-order valence-corrected chi connectivity index (χ0v) is 7.78. The first-order valence-corrected chi connectivity index (χ1v) is 4.20. The lowest BCUT2D eigenvalue weighted by molar-refractivity contribution is -0.116. The Hall–Kier alpha value is -1.51. The van der Waals surface area contributed by atoms with Crippen LogP contribution in [0.1, 0.15) is 19.6 Å². The summed E-state index contributed by atoms with van der Waals surface area (Å²) in [6.07, 6.45) is 4.66. The van der Waals surface area contributed by atoms with Crippen molar-refractivity contribution >= 4 is 12.0 Å².